The fourth-order valence-corrected chi connectivity index (χ4v) is 2.72. The first-order valence-corrected chi connectivity index (χ1v) is 6.97. The third-order valence-corrected chi connectivity index (χ3v) is 3.81. The Bertz CT molecular complexity index is 566. The van der Waals surface area contributed by atoms with Crippen molar-refractivity contribution in [3.05, 3.63) is 63.6 Å². The fourth-order valence-electron chi connectivity index (χ4n) is 2.13. The number of hydrogen-bond acceptors (Lipinski definition) is 2. The molecule has 2 nitrogen and oxygen atoms in total. The molecule has 0 amide bonds. The van der Waals surface area contributed by atoms with Crippen LogP contribution in [0.5, 0.6) is 5.75 Å². The second-order valence-electron chi connectivity index (χ2n) is 4.55. The summed E-state index contributed by atoms with van der Waals surface area (Å²) in [5.41, 5.74) is 3.17. The predicted molar refractivity (Wildman–Crippen MR) is 80.5 cm³/mol. The van der Waals surface area contributed by atoms with Gasteiger partial charge in [-0.05, 0) is 51.7 Å². The van der Waals surface area contributed by atoms with Gasteiger partial charge in [0.05, 0.1) is 17.7 Å². The molecule has 2 rings (SSSR count). The minimum Gasteiger partial charge on any atom is -0.496 e. The summed E-state index contributed by atoms with van der Waals surface area (Å²) in [5, 5.41) is 10.3. The highest BCUT2D eigenvalue weighted by Crippen LogP contribution is 2.28. The summed E-state index contributed by atoms with van der Waals surface area (Å²) in [6.07, 6.45) is 0.106. The van der Waals surface area contributed by atoms with Gasteiger partial charge in [0.25, 0.3) is 0 Å². The minimum atomic E-state index is -0.485. The number of hydrogen-bond donors (Lipinski definition) is 1. The Labute approximate surface area is 122 Å². The van der Waals surface area contributed by atoms with Crippen LogP contribution in [0.3, 0.4) is 0 Å². The van der Waals surface area contributed by atoms with Gasteiger partial charge in [-0.25, -0.2) is 0 Å². The number of halogens is 1. The van der Waals surface area contributed by atoms with Crippen LogP contribution in [-0.2, 0) is 6.42 Å². The van der Waals surface area contributed by atoms with Crippen LogP contribution in [0.15, 0.2) is 46.9 Å². The van der Waals surface area contributed by atoms with E-state index in [1.807, 2.05) is 49.4 Å². The van der Waals surface area contributed by atoms with Crippen molar-refractivity contribution in [2.24, 2.45) is 0 Å². The Kier molecular flexibility index (Phi) is 4.61. The number of aryl methyl sites for hydroxylation is 1. The SMILES string of the molecule is COc1ccc(CC(O)c2ccccc2C)cc1Br. The van der Waals surface area contributed by atoms with Gasteiger partial charge >= 0.3 is 0 Å². The average Bonchev–Trinajstić information content (AvgIpc) is 2.39. The standard InChI is InChI=1S/C16H17BrO2/c1-11-5-3-4-6-13(11)15(18)10-12-7-8-16(19-2)14(17)9-12/h3-9,15,18H,10H2,1-2H3. The van der Waals surface area contributed by atoms with Crippen molar-refractivity contribution in [3.8, 4) is 5.75 Å². The maximum absolute atomic E-state index is 10.3. The normalized spacial score (nSPS) is 12.2. The van der Waals surface area contributed by atoms with Crippen molar-refractivity contribution >= 4 is 15.9 Å². The second-order valence-corrected chi connectivity index (χ2v) is 5.40. The Hall–Kier alpha value is -1.32. The van der Waals surface area contributed by atoms with E-state index in [4.69, 9.17) is 4.74 Å². The van der Waals surface area contributed by atoms with E-state index in [-0.39, 0.29) is 0 Å². The Morgan fingerprint density at radius 2 is 1.95 bits per heavy atom. The molecule has 0 saturated heterocycles. The Balaban J connectivity index is 2.17. The highest BCUT2D eigenvalue weighted by atomic mass is 79.9. The molecule has 1 N–H and O–H groups in total. The minimum absolute atomic E-state index is 0.485. The van der Waals surface area contributed by atoms with E-state index in [1.165, 1.54) is 0 Å². The molecule has 0 aliphatic rings. The monoisotopic (exact) mass is 320 g/mol. The lowest BCUT2D eigenvalue weighted by Gasteiger charge is -2.14. The smallest absolute Gasteiger partial charge is 0.133 e. The Morgan fingerprint density at radius 3 is 2.58 bits per heavy atom. The number of ether oxygens (including phenoxy) is 1. The third-order valence-electron chi connectivity index (χ3n) is 3.19. The van der Waals surface area contributed by atoms with Crippen LogP contribution in [0.4, 0.5) is 0 Å². The lowest BCUT2D eigenvalue weighted by Crippen LogP contribution is -2.03. The zero-order chi connectivity index (χ0) is 13.8. The van der Waals surface area contributed by atoms with Crippen LogP contribution in [0.2, 0.25) is 0 Å². The van der Waals surface area contributed by atoms with Gasteiger partial charge in [-0.3, -0.25) is 0 Å². The summed E-state index contributed by atoms with van der Waals surface area (Å²) < 4.78 is 6.11. The first-order valence-electron chi connectivity index (χ1n) is 6.18. The lowest BCUT2D eigenvalue weighted by molar-refractivity contribution is 0.177. The number of rotatable bonds is 4. The van der Waals surface area contributed by atoms with E-state index in [1.54, 1.807) is 7.11 Å². The van der Waals surface area contributed by atoms with E-state index in [9.17, 15) is 5.11 Å². The molecular weight excluding hydrogens is 304 g/mol. The van der Waals surface area contributed by atoms with Crippen molar-refractivity contribution in [1.82, 2.24) is 0 Å². The summed E-state index contributed by atoms with van der Waals surface area (Å²) in [7, 11) is 1.64. The largest absolute Gasteiger partial charge is 0.496 e. The number of methoxy groups -OCH3 is 1. The molecular formula is C16H17BrO2. The molecule has 1 atom stereocenters. The van der Waals surface area contributed by atoms with Crippen LogP contribution in [0.1, 0.15) is 22.8 Å². The van der Waals surface area contributed by atoms with E-state index >= 15 is 0 Å². The van der Waals surface area contributed by atoms with Crippen molar-refractivity contribution in [2.75, 3.05) is 7.11 Å². The van der Waals surface area contributed by atoms with Crippen LogP contribution in [0, 0.1) is 6.92 Å². The maximum atomic E-state index is 10.3. The lowest BCUT2D eigenvalue weighted by atomic mass is 9.98. The van der Waals surface area contributed by atoms with Crippen molar-refractivity contribution < 1.29 is 9.84 Å². The zero-order valence-electron chi connectivity index (χ0n) is 11.1. The first-order chi connectivity index (χ1) is 9.11. The molecule has 3 heteroatoms. The summed E-state index contributed by atoms with van der Waals surface area (Å²) in [5.74, 6) is 0.800. The molecule has 19 heavy (non-hydrogen) atoms. The molecule has 100 valence electrons. The molecule has 0 saturated carbocycles. The van der Waals surface area contributed by atoms with Gasteiger partial charge < -0.3 is 9.84 Å². The molecule has 0 spiro atoms. The third kappa shape index (κ3) is 3.37. The van der Waals surface area contributed by atoms with Gasteiger partial charge in [0.1, 0.15) is 5.75 Å². The molecule has 1 unspecified atom stereocenters. The van der Waals surface area contributed by atoms with E-state index in [0.29, 0.717) is 6.42 Å². The summed E-state index contributed by atoms with van der Waals surface area (Å²) in [6, 6.07) is 13.8. The van der Waals surface area contributed by atoms with Crippen molar-refractivity contribution in [3.63, 3.8) is 0 Å². The van der Waals surface area contributed by atoms with Crippen LogP contribution in [0.25, 0.3) is 0 Å². The van der Waals surface area contributed by atoms with Gasteiger partial charge in [0.2, 0.25) is 0 Å². The number of benzene rings is 2. The molecule has 0 aliphatic carbocycles. The topological polar surface area (TPSA) is 29.5 Å². The highest BCUT2D eigenvalue weighted by Gasteiger charge is 2.11. The molecule has 0 fully saturated rings. The van der Waals surface area contributed by atoms with Crippen molar-refractivity contribution in [1.29, 1.82) is 0 Å². The van der Waals surface area contributed by atoms with Crippen LogP contribution in [-0.4, -0.2) is 12.2 Å². The van der Waals surface area contributed by atoms with Crippen LogP contribution >= 0.6 is 15.9 Å². The molecule has 2 aromatic carbocycles. The van der Waals surface area contributed by atoms with Gasteiger partial charge in [-0.1, -0.05) is 30.3 Å². The average molecular weight is 321 g/mol. The Morgan fingerprint density at radius 1 is 1.21 bits per heavy atom. The quantitative estimate of drug-likeness (QED) is 0.921. The molecule has 2 aromatic rings. The first kappa shape index (κ1) is 14.1. The molecule has 0 heterocycles. The second kappa shape index (κ2) is 6.22. The molecule has 0 bridgehead atoms. The fraction of sp³-hybridized carbons (Fsp3) is 0.250. The van der Waals surface area contributed by atoms with E-state index in [0.717, 1.165) is 26.9 Å². The molecule has 0 aromatic heterocycles. The van der Waals surface area contributed by atoms with Gasteiger partial charge in [0, 0.05) is 6.42 Å². The summed E-state index contributed by atoms with van der Waals surface area (Å²) in [6.45, 7) is 2.02. The van der Waals surface area contributed by atoms with E-state index in [2.05, 4.69) is 15.9 Å². The number of aliphatic hydroxyl groups is 1. The van der Waals surface area contributed by atoms with Crippen LogP contribution < -0.4 is 4.74 Å². The van der Waals surface area contributed by atoms with E-state index < -0.39 is 6.10 Å². The molecule has 0 aliphatic heterocycles. The zero-order valence-corrected chi connectivity index (χ0v) is 12.6. The highest BCUT2D eigenvalue weighted by molar-refractivity contribution is 9.10. The van der Waals surface area contributed by atoms with Gasteiger partial charge in [-0.2, -0.15) is 0 Å². The summed E-state index contributed by atoms with van der Waals surface area (Å²) >= 11 is 3.46. The van der Waals surface area contributed by atoms with Gasteiger partial charge in [0.15, 0.2) is 0 Å². The van der Waals surface area contributed by atoms with Gasteiger partial charge in [-0.15, -0.1) is 0 Å². The molecule has 0 radical (unpaired) electrons. The maximum Gasteiger partial charge on any atom is 0.133 e. The van der Waals surface area contributed by atoms with Crippen molar-refractivity contribution in [2.45, 2.75) is 19.4 Å². The number of aliphatic hydroxyl groups excluding tert-OH is 1. The predicted octanol–water partition coefficient (Wildman–Crippen LogP) is 4.04. The summed E-state index contributed by atoms with van der Waals surface area (Å²) in [4.78, 5) is 0.